The normalized spacial score (nSPS) is 14.9. The van der Waals surface area contributed by atoms with Crippen LogP contribution < -0.4 is 0 Å². The smallest absolute Gasteiger partial charge is 0.335 e. The molecule has 70 valence electrons. The van der Waals surface area contributed by atoms with Crippen molar-refractivity contribution in [1.82, 2.24) is 0 Å². The number of rotatable bonds is 3. The van der Waals surface area contributed by atoms with Crippen LogP contribution in [0.15, 0.2) is 30.3 Å². The standard InChI is InChI=1S/C9H10O4/c10-7(8(11)9(12)13)6-4-2-1-3-5-6/h1-5,7-8,10-11H,(H,12,13)/t7-,8+/m1/s1. The van der Waals surface area contributed by atoms with E-state index in [2.05, 4.69) is 0 Å². The van der Waals surface area contributed by atoms with Crippen LogP contribution in [0.25, 0.3) is 0 Å². The highest BCUT2D eigenvalue weighted by atomic mass is 16.4. The lowest BCUT2D eigenvalue weighted by Gasteiger charge is -2.13. The second-order valence-electron chi connectivity index (χ2n) is 2.64. The molecule has 0 bridgehead atoms. The maximum Gasteiger partial charge on any atom is 0.335 e. The molecule has 0 aliphatic heterocycles. The van der Waals surface area contributed by atoms with Crippen molar-refractivity contribution in [2.75, 3.05) is 0 Å². The Morgan fingerprint density at radius 3 is 2.15 bits per heavy atom. The van der Waals surface area contributed by atoms with E-state index in [1.54, 1.807) is 30.3 Å². The van der Waals surface area contributed by atoms with Gasteiger partial charge >= 0.3 is 5.97 Å². The Hall–Kier alpha value is -1.39. The minimum absolute atomic E-state index is 0.386. The zero-order chi connectivity index (χ0) is 9.84. The van der Waals surface area contributed by atoms with Gasteiger partial charge in [-0.15, -0.1) is 0 Å². The highest BCUT2D eigenvalue weighted by Gasteiger charge is 2.24. The summed E-state index contributed by atoms with van der Waals surface area (Å²) in [7, 11) is 0. The fraction of sp³-hybridized carbons (Fsp3) is 0.222. The van der Waals surface area contributed by atoms with Crippen LogP contribution >= 0.6 is 0 Å². The van der Waals surface area contributed by atoms with Crippen LogP contribution in [0.4, 0.5) is 0 Å². The van der Waals surface area contributed by atoms with Gasteiger partial charge in [0.2, 0.25) is 0 Å². The van der Waals surface area contributed by atoms with Crippen molar-refractivity contribution < 1.29 is 20.1 Å². The number of carbonyl (C=O) groups is 1. The minimum Gasteiger partial charge on any atom is -0.479 e. The van der Waals surface area contributed by atoms with Gasteiger partial charge in [-0.2, -0.15) is 0 Å². The first kappa shape index (κ1) is 9.70. The van der Waals surface area contributed by atoms with Crippen LogP contribution in [0.1, 0.15) is 11.7 Å². The SMILES string of the molecule is O=C(O)[C@@H](O)[C@H](O)c1ccccc1. The molecule has 2 atom stereocenters. The topological polar surface area (TPSA) is 77.8 Å². The fourth-order valence-electron chi connectivity index (χ4n) is 0.968. The van der Waals surface area contributed by atoms with Crippen molar-refractivity contribution in [2.45, 2.75) is 12.2 Å². The van der Waals surface area contributed by atoms with Gasteiger partial charge in [0.05, 0.1) is 0 Å². The van der Waals surface area contributed by atoms with E-state index >= 15 is 0 Å². The first-order chi connectivity index (χ1) is 6.13. The maximum absolute atomic E-state index is 10.3. The van der Waals surface area contributed by atoms with Crippen molar-refractivity contribution in [1.29, 1.82) is 0 Å². The average Bonchev–Trinajstić information content (AvgIpc) is 2.17. The third kappa shape index (κ3) is 2.27. The summed E-state index contributed by atoms with van der Waals surface area (Å²) < 4.78 is 0. The molecule has 1 rings (SSSR count). The summed E-state index contributed by atoms with van der Waals surface area (Å²) >= 11 is 0. The largest absolute Gasteiger partial charge is 0.479 e. The highest BCUT2D eigenvalue weighted by Crippen LogP contribution is 2.15. The van der Waals surface area contributed by atoms with E-state index in [9.17, 15) is 9.90 Å². The maximum atomic E-state index is 10.3. The van der Waals surface area contributed by atoms with Crippen molar-refractivity contribution in [2.24, 2.45) is 0 Å². The monoisotopic (exact) mass is 182 g/mol. The summed E-state index contributed by atoms with van der Waals surface area (Å²) in [5, 5.41) is 26.7. The van der Waals surface area contributed by atoms with Gasteiger partial charge in [0.1, 0.15) is 6.10 Å². The molecule has 13 heavy (non-hydrogen) atoms. The molecule has 0 aliphatic carbocycles. The van der Waals surface area contributed by atoms with Gasteiger partial charge in [0.15, 0.2) is 6.10 Å². The van der Waals surface area contributed by atoms with Crippen LogP contribution in [0, 0.1) is 0 Å². The summed E-state index contributed by atoms with van der Waals surface area (Å²) in [6, 6.07) is 8.16. The van der Waals surface area contributed by atoms with Crippen LogP contribution in [0.5, 0.6) is 0 Å². The van der Waals surface area contributed by atoms with Gasteiger partial charge in [0.25, 0.3) is 0 Å². The lowest BCUT2D eigenvalue weighted by Crippen LogP contribution is -2.27. The number of carboxylic acid groups (broad SMARTS) is 1. The van der Waals surface area contributed by atoms with Gasteiger partial charge in [0, 0.05) is 0 Å². The zero-order valence-corrected chi connectivity index (χ0v) is 6.79. The van der Waals surface area contributed by atoms with Crippen LogP contribution in [-0.4, -0.2) is 27.4 Å². The molecule has 0 unspecified atom stereocenters. The van der Waals surface area contributed by atoms with Crippen LogP contribution in [0.2, 0.25) is 0 Å². The zero-order valence-electron chi connectivity index (χ0n) is 6.79. The molecule has 0 heterocycles. The molecule has 4 heteroatoms. The third-order valence-corrected chi connectivity index (χ3v) is 1.69. The minimum atomic E-state index is -1.78. The summed E-state index contributed by atoms with van der Waals surface area (Å²) in [5.41, 5.74) is 0.386. The van der Waals surface area contributed by atoms with Crippen molar-refractivity contribution in [3.63, 3.8) is 0 Å². The van der Waals surface area contributed by atoms with E-state index in [1.165, 1.54) is 0 Å². The van der Waals surface area contributed by atoms with E-state index in [4.69, 9.17) is 10.2 Å². The van der Waals surface area contributed by atoms with E-state index in [0.717, 1.165) is 0 Å². The Bertz CT molecular complexity index is 283. The lowest BCUT2D eigenvalue weighted by atomic mass is 10.1. The molecule has 0 aliphatic rings. The van der Waals surface area contributed by atoms with Crippen molar-refractivity contribution >= 4 is 5.97 Å². The summed E-state index contributed by atoms with van der Waals surface area (Å²) in [5.74, 6) is -1.43. The van der Waals surface area contributed by atoms with Crippen molar-refractivity contribution in [3.05, 3.63) is 35.9 Å². The summed E-state index contributed by atoms with van der Waals surface area (Å²) in [6.07, 6.45) is -3.15. The predicted molar refractivity (Wildman–Crippen MR) is 45.0 cm³/mol. The molecule has 4 nitrogen and oxygen atoms in total. The molecular formula is C9H10O4. The number of aliphatic hydroxyl groups is 2. The molecule has 3 N–H and O–H groups in total. The molecule has 0 saturated heterocycles. The van der Waals surface area contributed by atoms with Crippen LogP contribution in [-0.2, 0) is 4.79 Å². The van der Waals surface area contributed by atoms with Crippen molar-refractivity contribution in [3.8, 4) is 0 Å². The predicted octanol–water partition coefficient (Wildman–Crippen LogP) is 0.166. The second-order valence-corrected chi connectivity index (χ2v) is 2.64. The van der Waals surface area contributed by atoms with Gasteiger partial charge < -0.3 is 15.3 Å². The van der Waals surface area contributed by atoms with Gasteiger partial charge in [-0.05, 0) is 5.56 Å². The molecular weight excluding hydrogens is 172 g/mol. The number of aliphatic carboxylic acids is 1. The summed E-state index contributed by atoms with van der Waals surface area (Å²) in [4.78, 5) is 10.3. The van der Waals surface area contributed by atoms with Gasteiger partial charge in [-0.25, -0.2) is 4.79 Å². The van der Waals surface area contributed by atoms with E-state index in [0.29, 0.717) is 5.56 Å². The Morgan fingerprint density at radius 1 is 1.15 bits per heavy atom. The first-order valence-electron chi connectivity index (χ1n) is 3.77. The Morgan fingerprint density at radius 2 is 1.69 bits per heavy atom. The number of benzene rings is 1. The Labute approximate surface area is 75.1 Å². The molecule has 0 aromatic heterocycles. The third-order valence-electron chi connectivity index (χ3n) is 1.69. The van der Waals surface area contributed by atoms with Gasteiger partial charge in [-0.1, -0.05) is 30.3 Å². The molecule has 0 fully saturated rings. The number of aliphatic hydroxyl groups excluding tert-OH is 2. The molecule has 0 saturated carbocycles. The van der Waals surface area contributed by atoms with E-state index in [-0.39, 0.29) is 0 Å². The van der Waals surface area contributed by atoms with E-state index < -0.39 is 18.2 Å². The molecule has 1 aromatic carbocycles. The number of hydrogen-bond acceptors (Lipinski definition) is 3. The molecule has 0 amide bonds. The average molecular weight is 182 g/mol. The molecule has 0 spiro atoms. The summed E-state index contributed by atoms with van der Waals surface area (Å²) in [6.45, 7) is 0. The Kier molecular flexibility index (Phi) is 3.00. The number of hydrogen-bond donors (Lipinski definition) is 3. The quantitative estimate of drug-likeness (QED) is 0.622. The fourth-order valence-corrected chi connectivity index (χ4v) is 0.968. The molecule has 1 aromatic rings. The Balaban J connectivity index is 2.79. The van der Waals surface area contributed by atoms with Crippen LogP contribution in [0.3, 0.4) is 0 Å². The second kappa shape index (κ2) is 4.02. The lowest BCUT2D eigenvalue weighted by molar-refractivity contribution is -0.153. The van der Waals surface area contributed by atoms with E-state index in [1.807, 2.05) is 0 Å². The number of carboxylic acids is 1. The highest BCUT2D eigenvalue weighted by molar-refractivity contribution is 5.73. The first-order valence-corrected chi connectivity index (χ1v) is 3.77. The molecule has 0 radical (unpaired) electrons. The van der Waals surface area contributed by atoms with Gasteiger partial charge in [-0.3, -0.25) is 0 Å².